The van der Waals surface area contributed by atoms with Crippen molar-refractivity contribution in [2.24, 2.45) is 0 Å². The Balaban J connectivity index is 1.88. The molecule has 0 aliphatic carbocycles. The first-order valence-electron chi connectivity index (χ1n) is 9.44. The van der Waals surface area contributed by atoms with Crippen molar-refractivity contribution in [1.82, 2.24) is 9.55 Å². The number of para-hydroxylation sites is 1. The van der Waals surface area contributed by atoms with Gasteiger partial charge >= 0.3 is 0 Å². The van der Waals surface area contributed by atoms with Gasteiger partial charge in [-0.2, -0.15) is 0 Å². The number of nitrogens with zero attached hydrogens (tertiary/aromatic N) is 2. The van der Waals surface area contributed by atoms with E-state index in [1.807, 2.05) is 6.92 Å². The van der Waals surface area contributed by atoms with Crippen LogP contribution in [0.2, 0.25) is 0 Å². The molecule has 0 saturated heterocycles. The summed E-state index contributed by atoms with van der Waals surface area (Å²) in [6.45, 7) is 4.00. The van der Waals surface area contributed by atoms with Gasteiger partial charge in [0.15, 0.2) is 22.6 Å². The van der Waals surface area contributed by atoms with Gasteiger partial charge in [0.05, 0.1) is 21.8 Å². The Morgan fingerprint density at radius 3 is 2.63 bits per heavy atom. The number of carbonyl (C=O) groups is 1. The van der Waals surface area contributed by atoms with Crippen LogP contribution in [0.25, 0.3) is 10.9 Å². The Morgan fingerprint density at radius 1 is 1.17 bits per heavy atom. The fourth-order valence-corrected chi connectivity index (χ4v) is 3.75. The molecule has 0 spiro atoms. The van der Waals surface area contributed by atoms with E-state index in [1.165, 1.54) is 4.57 Å². The molecule has 30 heavy (non-hydrogen) atoms. The van der Waals surface area contributed by atoms with Crippen LogP contribution >= 0.6 is 11.8 Å². The van der Waals surface area contributed by atoms with Crippen molar-refractivity contribution < 1.29 is 18.0 Å². The molecule has 0 radical (unpaired) electrons. The molecule has 2 aromatic carbocycles. The van der Waals surface area contributed by atoms with Gasteiger partial charge in [-0.1, -0.05) is 37.2 Å². The Hall–Kier alpha value is -2.81. The number of rotatable bonds is 7. The summed E-state index contributed by atoms with van der Waals surface area (Å²) in [6.07, 6.45) is 1.63. The first-order chi connectivity index (χ1) is 14.3. The summed E-state index contributed by atoms with van der Waals surface area (Å²) in [5.74, 6) is -5.09. The van der Waals surface area contributed by atoms with Crippen molar-refractivity contribution in [2.45, 2.75) is 43.6 Å². The Kier molecular flexibility index (Phi) is 6.81. The molecule has 1 unspecified atom stereocenters. The second-order valence-corrected chi connectivity index (χ2v) is 8.00. The summed E-state index contributed by atoms with van der Waals surface area (Å²) < 4.78 is 41.9. The zero-order chi connectivity index (χ0) is 21.8. The third-order valence-corrected chi connectivity index (χ3v) is 5.60. The van der Waals surface area contributed by atoms with Gasteiger partial charge in [0.25, 0.3) is 5.56 Å². The third kappa shape index (κ3) is 4.51. The zero-order valence-corrected chi connectivity index (χ0v) is 17.2. The van der Waals surface area contributed by atoms with Gasteiger partial charge in [0.1, 0.15) is 0 Å². The number of nitrogens with one attached hydrogen (secondary N) is 1. The van der Waals surface area contributed by atoms with Crippen molar-refractivity contribution in [3.63, 3.8) is 0 Å². The van der Waals surface area contributed by atoms with Crippen LogP contribution in [-0.2, 0) is 11.3 Å². The SMILES string of the molecule is CCCCn1c(SC(C)C(=O)Nc2ccc(F)c(F)c2F)nc2ccccc2c1=O. The lowest BCUT2D eigenvalue weighted by Crippen LogP contribution is -2.27. The monoisotopic (exact) mass is 435 g/mol. The molecule has 1 aromatic heterocycles. The van der Waals surface area contributed by atoms with Crippen LogP contribution in [0.4, 0.5) is 18.9 Å². The second-order valence-electron chi connectivity index (χ2n) is 6.69. The fraction of sp³-hybridized carbons (Fsp3) is 0.286. The number of thioether (sulfide) groups is 1. The maximum atomic E-state index is 13.8. The van der Waals surface area contributed by atoms with Gasteiger partial charge in [0.2, 0.25) is 5.91 Å². The minimum atomic E-state index is -1.65. The number of hydrogen-bond acceptors (Lipinski definition) is 4. The molecule has 9 heteroatoms. The Morgan fingerprint density at radius 2 is 1.90 bits per heavy atom. The summed E-state index contributed by atoms with van der Waals surface area (Å²) in [4.78, 5) is 29.9. The number of anilines is 1. The molecule has 0 aliphatic rings. The summed E-state index contributed by atoms with van der Waals surface area (Å²) >= 11 is 1.04. The number of aromatic nitrogens is 2. The number of amides is 1. The molecule has 0 saturated carbocycles. The molecule has 3 aromatic rings. The highest BCUT2D eigenvalue weighted by molar-refractivity contribution is 8.00. The fourth-order valence-electron chi connectivity index (χ4n) is 2.82. The number of fused-ring (bicyclic) bond motifs is 1. The Bertz CT molecular complexity index is 1150. The molecule has 3 rings (SSSR count). The van der Waals surface area contributed by atoms with Gasteiger partial charge in [0, 0.05) is 6.54 Å². The Labute approximate surface area is 175 Å². The minimum absolute atomic E-state index is 0.198. The van der Waals surface area contributed by atoms with E-state index in [0.717, 1.165) is 36.7 Å². The van der Waals surface area contributed by atoms with E-state index >= 15 is 0 Å². The number of benzene rings is 2. The second kappa shape index (κ2) is 9.34. The van der Waals surface area contributed by atoms with Gasteiger partial charge in [-0.3, -0.25) is 14.2 Å². The normalized spacial score (nSPS) is 12.2. The summed E-state index contributed by atoms with van der Waals surface area (Å²) in [6, 6.07) is 8.62. The van der Waals surface area contributed by atoms with Crippen LogP contribution in [0.5, 0.6) is 0 Å². The number of unbranched alkanes of at least 4 members (excludes halogenated alkanes) is 1. The number of carbonyl (C=O) groups excluding carboxylic acids is 1. The average Bonchev–Trinajstić information content (AvgIpc) is 2.74. The van der Waals surface area contributed by atoms with E-state index in [1.54, 1.807) is 31.2 Å². The highest BCUT2D eigenvalue weighted by atomic mass is 32.2. The van der Waals surface area contributed by atoms with Crippen LogP contribution in [0.3, 0.4) is 0 Å². The lowest BCUT2D eigenvalue weighted by Gasteiger charge is -2.16. The van der Waals surface area contributed by atoms with Crippen LogP contribution in [0, 0.1) is 17.5 Å². The maximum absolute atomic E-state index is 13.8. The molecule has 1 heterocycles. The van der Waals surface area contributed by atoms with Crippen molar-refractivity contribution in [3.05, 3.63) is 64.2 Å². The van der Waals surface area contributed by atoms with Crippen molar-refractivity contribution in [1.29, 1.82) is 0 Å². The van der Waals surface area contributed by atoms with Crippen molar-refractivity contribution in [3.8, 4) is 0 Å². The minimum Gasteiger partial charge on any atom is -0.323 e. The molecule has 158 valence electrons. The van der Waals surface area contributed by atoms with Crippen LogP contribution in [0.15, 0.2) is 46.3 Å². The first-order valence-corrected chi connectivity index (χ1v) is 10.3. The molecule has 1 amide bonds. The largest absolute Gasteiger partial charge is 0.323 e. The number of halogens is 3. The van der Waals surface area contributed by atoms with E-state index in [2.05, 4.69) is 10.3 Å². The predicted molar refractivity (Wildman–Crippen MR) is 111 cm³/mol. The van der Waals surface area contributed by atoms with Crippen LogP contribution < -0.4 is 10.9 Å². The first kappa shape index (κ1) is 21.9. The van der Waals surface area contributed by atoms with Gasteiger partial charge < -0.3 is 5.32 Å². The quantitative estimate of drug-likeness (QED) is 0.331. The molecule has 1 N–H and O–H groups in total. The van der Waals surface area contributed by atoms with E-state index in [9.17, 15) is 22.8 Å². The van der Waals surface area contributed by atoms with E-state index in [0.29, 0.717) is 22.6 Å². The van der Waals surface area contributed by atoms with Crippen molar-refractivity contribution >= 4 is 34.3 Å². The smallest absolute Gasteiger partial charge is 0.262 e. The maximum Gasteiger partial charge on any atom is 0.262 e. The van der Waals surface area contributed by atoms with E-state index < -0.39 is 34.3 Å². The molecule has 0 bridgehead atoms. The summed E-state index contributed by atoms with van der Waals surface area (Å²) in [5.41, 5.74) is -0.144. The van der Waals surface area contributed by atoms with Crippen LogP contribution in [0.1, 0.15) is 26.7 Å². The van der Waals surface area contributed by atoms with E-state index in [4.69, 9.17) is 0 Å². The van der Waals surface area contributed by atoms with Crippen molar-refractivity contribution in [2.75, 3.05) is 5.32 Å². The lowest BCUT2D eigenvalue weighted by molar-refractivity contribution is -0.115. The predicted octanol–water partition coefficient (Wildman–Crippen LogP) is 4.73. The molecule has 5 nitrogen and oxygen atoms in total. The van der Waals surface area contributed by atoms with Crippen LogP contribution in [-0.4, -0.2) is 20.7 Å². The lowest BCUT2D eigenvalue weighted by atomic mass is 10.2. The highest BCUT2D eigenvalue weighted by Crippen LogP contribution is 2.25. The molecule has 0 aliphatic heterocycles. The van der Waals surface area contributed by atoms with Gasteiger partial charge in [-0.25, -0.2) is 18.2 Å². The summed E-state index contributed by atoms with van der Waals surface area (Å²) in [5, 5.41) is 2.32. The third-order valence-electron chi connectivity index (χ3n) is 4.51. The standard InChI is InChI=1S/C21H20F3N3O2S/c1-3-4-11-27-20(29)13-7-5-6-8-15(13)26-21(27)30-12(2)19(28)25-16-10-9-14(22)17(23)18(16)24/h5-10,12H,3-4,11H2,1-2H3,(H,25,28). The summed E-state index contributed by atoms with van der Waals surface area (Å²) in [7, 11) is 0. The topological polar surface area (TPSA) is 64.0 Å². The molecular formula is C21H20F3N3O2S. The number of hydrogen-bond donors (Lipinski definition) is 1. The van der Waals surface area contributed by atoms with E-state index in [-0.39, 0.29) is 5.56 Å². The van der Waals surface area contributed by atoms with Gasteiger partial charge in [-0.05, 0) is 37.6 Å². The molecule has 1 atom stereocenters. The molecular weight excluding hydrogens is 415 g/mol. The molecule has 0 fully saturated rings. The average molecular weight is 435 g/mol. The highest BCUT2D eigenvalue weighted by Gasteiger charge is 2.22. The van der Waals surface area contributed by atoms with Gasteiger partial charge in [-0.15, -0.1) is 0 Å². The zero-order valence-electron chi connectivity index (χ0n) is 16.4.